The van der Waals surface area contributed by atoms with Gasteiger partial charge < -0.3 is 4.42 Å². The molecule has 1 rings (SSSR count). The van der Waals surface area contributed by atoms with E-state index in [4.69, 9.17) is 4.42 Å². The molecule has 0 saturated heterocycles. The Labute approximate surface area is 116 Å². The Bertz CT molecular complexity index is 408. The van der Waals surface area contributed by atoms with Crippen molar-refractivity contribution in [3.05, 3.63) is 24.2 Å². The highest BCUT2D eigenvalue weighted by Gasteiger charge is 2.28. The third kappa shape index (κ3) is 5.42. The summed E-state index contributed by atoms with van der Waals surface area (Å²) < 4.78 is 6.89. The highest BCUT2D eigenvalue weighted by molar-refractivity contribution is 6.75. The van der Waals surface area contributed by atoms with Gasteiger partial charge in [0.15, 0.2) is 8.24 Å². The molecular formula is C14H24N2O2Si. The molecule has 0 saturated carbocycles. The zero-order valence-electron chi connectivity index (χ0n) is 12.3. The molecule has 0 unspecified atom stereocenters. The van der Waals surface area contributed by atoms with Crippen molar-refractivity contribution in [2.24, 2.45) is 5.10 Å². The zero-order valence-corrected chi connectivity index (χ0v) is 13.3. The Morgan fingerprint density at radius 2 is 2.16 bits per heavy atom. The number of amides is 1. The maximum atomic E-state index is 12.2. The quantitative estimate of drug-likeness (QED) is 0.329. The van der Waals surface area contributed by atoms with Crippen molar-refractivity contribution in [3.8, 4) is 0 Å². The smallest absolute Gasteiger partial charge is 0.234 e. The van der Waals surface area contributed by atoms with Crippen LogP contribution in [0.5, 0.6) is 0 Å². The van der Waals surface area contributed by atoms with E-state index in [9.17, 15) is 4.79 Å². The molecule has 0 aliphatic heterocycles. The van der Waals surface area contributed by atoms with Gasteiger partial charge in [0.2, 0.25) is 5.91 Å². The summed E-state index contributed by atoms with van der Waals surface area (Å²) >= 11 is 0. The average molecular weight is 280 g/mol. The van der Waals surface area contributed by atoms with Crippen LogP contribution in [0.4, 0.5) is 0 Å². The van der Waals surface area contributed by atoms with E-state index in [1.54, 1.807) is 17.2 Å². The lowest BCUT2D eigenvalue weighted by Crippen LogP contribution is -2.46. The molecule has 0 fully saturated rings. The van der Waals surface area contributed by atoms with Gasteiger partial charge in [0.05, 0.1) is 12.5 Å². The van der Waals surface area contributed by atoms with Crippen molar-refractivity contribution in [2.75, 3.05) is 0 Å². The Hall–Kier alpha value is -1.36. The van der Waals surface area contributed by atoms with Crippen LogP contribution >= 0.6 is 0 Å². The molecule has 19 heavy (non-hydrogen) atoms. The molecule has 0 spiro atoms. The van der Waals surface area contributed by atoms with Gasteiger partial charge in [-0.2, -0.15) is 5.10 Å². The van der Waals surface area contributed by atoms with Crippen molar-refractivity contribution in [2.45, 2.75) is 52.2 Å². The third-order valence-corrected chi connectivity index (χ3v) is 4.35. The highest BCUT2D eigenvalue weighted by atomic mass is 28.3. The lowest BCUT2D eigenvalue weighted by atomic mass is 10.2. The van der Waals surface area contributed by atoms with Gasteiger partial charge in [-0.1, -0.05) is 19.8 Å². The van der Waals surface area contributed by atoms with E-state index in [-0.39, 0.29) is 5.91 Å². The molecule has 0 aliphatic carbocycles. The van der Waals surface area contributed by atoms with E-state index in [0.717, 1.165) is 19.3 Å². The summed E-state index contributed by atoms with van der Waals surface area (Å²) in [7, 11) is -1.80. The number of unbranched alkanes of at least 4 members (excludes halogenated alkanes) is 2. The standard InChI is InChI=1S/C14H24N2O2Si/c1-5-6-7-10-14(17)16(19(2,3)4)15-12-13-9-8-11-18-13/h8-9,11-12H,5-7,10H2,1-4H3/b15-12+. The van der Waals surface area contributed by atoms with Gasteiger partial charge in [-0.15, -0.1) is 0 Å². The van der Waals surface area contributed by atoms with E-state index in [0.29, 0.717) is 12.2 Å². The number of furan rings is 1. The fourth-order valence-corrected chi connectivity index (χ4v) is 2.99. The van der Waals surface area contributed by atoms with Gasteiger partial charge in [-0.25, -0.2) is 0 Å². The second kappa shape index (κ2) is 7.28. The number of hydrogen-bond donors (Lipinski definition) is 0. The molecule has 1 aromatic rings. The van der Waals surface area contributed by atoms with Crippen LogP contribution in [0.15, 0.2) is 27.9 Å². The maximum Gasteiger partial charge on any atom is 0.234 e. The number of carbonyl (C=O) groups excluding carboxylic acids is 1. The summed E-state index contributed by atoms with van der Waals surface area (Å²) in [5.74, 6) is 0.792. The average Bonchev–Trinajstić information content (AvgIpc) is 2.81. The Morgan fingerprint density at radius 1 is 1.42 bits per heavy atom. The van der Waals surface area contributed by atoms with Crippen LogP contribution in [0.1, 0.15) is 38.4 Å². The van der Waals surface area contributed by atoms with Crippen LogP contribution in [-0.4, -0.2) is 25.0 Å². The first-order chi connectivity index (χ1) is 8.95. The number of hydrazone groups is 1. The molecule has 0 radical (unpaired) electrons. The van der Waals surface area contributed by atoms with Crippen LogP contribution in [-0.2, 0) is 4.79 Å². The summed E-state index contributed by atoms with van der Waals surface area (Å²) in [4.78, 5) is 12.2. The van der Waals surface area contributed by atoms with Crippen molar-refractivity contribution in [1.29, 1.82) is 0 Å². The third-order valence-electron chi connectivity index (χ3n) is 2.71. The minimum absolute atomic E-state index is 0.121. The van der Waals surface area contributed by atoms with Crippen molar-refractivity contribution in [3.63, 3.8) is 0 Å². The van der Waals surface area contributed by atoms with Crippen molar-refractivity contribution in [1.82, 2.24) is 4.67 Å². The summed E-state index contributed by atoms with van der Waals surface area (Å²) in [5.41, 5.74) is 0. The summed E-state index contributed by atoms with van der Waals surface area (Å²) in [5, 5.41) is 4.34. The first-order valence-electron chi connectivity index (χ1n) is 6.85. The van der Waals surface area contributed by atoms with Crippen LogP contribution in [0.2, 0.25) is 19.6 Å². The van der Waals surface area contributed by atoms with Gasteiger partial charge in [0, 0.05) is 6.42 Å². The fourth-order valence-electron chi connectivity index (χ4n) is 1.72. The second-order valence-electron chi connectivity index (χ2n) is 5.59. The fraction of sp³-hybridized carbons (Fsp3) is 0.571. The lowest BCUT2D eigenvalue weighted by molar-refractivity contribution is -0.127. The normalized spacial score (nSPS) is 12.0. The molecule has 0 N–H and O–H groups in total. The topological polar surface area (TPSA) is 45.8 Å². The number of nitrogens with zero attached hydrogens (tertiary/aromatic N) is 2. The van der Waals surface area contributed by atoms with E-state index in [1.165, 1.54) is 0 Å². The molecule has 1 heterocycles. The molecule has 0 atom stereocenters. The Morgan fingerprint density at radius 3 is 2.68 bits per heavy atom. The first-order valence-corrected chi connectivity index (χ1v) is 10.3. The summed E-state index contributed by atoms with van der Waals surface area (Å²) in [6, 6.07) is 3.64. The molecule has 1 amide bonds. The van der Waals surface area contributed by atoms with E-state index in [2.05, 4.69) is 31.7 Å². The molecule has 0 aromatic carbocycles. The van der Waals surface area contributed by atoms with E-state index >= 15 is 0 Å². The summed E-state index contributed by atoms with van der Waals surface area (Å²) in [6.07, 6.45) is 6.95. The minimum atomic E-state index is -1.80. The summed E-state index contributed by atoms with van der Waals surface area (Å²) in [6.45, 7) is 8.48. The number of hydrogen-bond acceptors (Lipinski definition) is 3. The molecular weight excluding hydrogens is 256 g/mol. The second-order valence-corrected chi connectivity index (χ2v) is 10.4. The van der Waals surface area contributed by atoms with E-state index < -0.39 is 8.24 Å². The molecule has 5 heteroatoms. The van der Waals surface area contributed by atoms with Gasteiger partial charge in [-0.05, 0) is 38.2 Å². The molecule has 4 nitrogen and oxygen atoms in total. The van der Waals surface area contributed by atoms with Crippen molar-refractivity contribution < 1.29 is 9.21 Å². The van der Waals surface area contributed by atoms with Crippen LogP contribution < -0.4 is 0 Å². The van der Waals surface area contributed by atoms with Gasteiger partial charge in [0.25, 0.3) is 0 Å². The largest absolute Gasteiger partial charge is 0.463 e. The molecule has 0 bridgehead atoms. The predicted octanol–water partition coefficient (Wildman–Crippen LogP) is 3.86. The monoisotopic (exact) mass is 280 g/mol. The van der Waals surface area contributed by atoms with Crippen LogP contribution in [0, 0.1) is 0 Å². The Kier molecular flexibility index (Phi) is 6.01. The van der Waals surface area contributed by atoms with Gasteiger partial charge in [-0.3, -0.25) is 9.47 Å². The molecule has 106 valence electrons. The van der Waals surface area contributed by atoms with Crippen LogP contribution in [0.3, 0.4) is 0 Å². The first kappa shape index (κ1) is 15.7. The van der Waals surface area contributed by atoms with Crippen molar-refractivity contribution >= 4 is 20.4 Å². The number of carbonyl (C=O) groups is 1. The van der Waals surface area contributed by atoms with E-state index in [1.807, 2.05) is 12.1 Å². The van der Waals surface area contributed by atoms with Crippen LogP contribution in [0.25, 0.3) is 0 Å². The SMILES string of the molecule is CCCCCC(=O)N(/N=C/c1ccco1)[Si](C)(C)C. The Balaban J connectivity index is 2.70. The molecule has 0 aliphatic rings. The minimum Gasteiger partial charge on any atom is -0.463 e. The lowest BCUT2D eigenvalue weighted by Gasteiger charge is -2.29. The van der Waals surface area contributed by atoms with Gasteiger partial charge in [0.1, 0.15) is 5.76 Å². The zero-order chi connectivity index (χ0) is 14.3. The predicted molar refractivity (Wildman–Crippen MR) is 80.6 cm³/mol. The van der Waals surface area contributed by atoms with Gasteiger partial charge >= 0.3 is 0 Å². The maximum absolute atomic E-state index is 12.2. The number of rotatable bonds is 7. The molecule has 1 aromatic heterocycles. The highest BCUT2D eigenvalue weighted by Crippen LogP contribution is 2.14.